The van der Waals surface area contributed by atoms with Crippen LogP contribution in [0.4, 0.5) is 17.2 Å². The summed E-state index contributed by atoms with van der Waals surface area (Å²) in [5, 5.41) is 6.11. The van der Waals surface area contributed by atoms with E-state index in [1.54, 1.807) is 0 Å². The highest BCUT2D eigenvalue weighted by Gasteiger charge is 2.25. The molecule has 3 aromatic heterocycles. The molecule has 3 heterocycles. The predicted octanol–water partition coefficient (Wildman–Crippen LogP) is 11.4. The van der Waals surface area contributed by atoms with Gasteiger partial charge in [0.2, 0.25) is 0 Å². The molecular formula is C41H25N3O. The van der Waals surface area contributed by atoms with Crippen LogP contribution in [0.3, 0.4) is 0 Å². The summed E-state index contributed by atoms with van der Waals surface area (Å²) in [7, 11) is 0. The fraction of sp³-hybridized carbons (Fsp3) is 0. The van der Waals surface area contributed by atoms with Crippen LogP contribution in [0.2, 0.25) is 0 Å². The highest BCUT2D eigenvalue weighted by molar-refractivity contribution is 6.21. The van der Waals surface area contributed by atoms with Gasteiger partial charge in [0, 0.05) is 50.8 Å². The summed E-state index contributed by atoms with van der Waals surface area (Å²) in [6, 6.07) is 49.3. The van der Waals surface area contributed by atoms with Crippen molar-refractivity contribution >= 4 is 60.8 Å². The summed E-state index contributed by atoms with van der Waals surface area (Å²) < 4.78 is 6.24. The average Bonchev–Trinajstić information content (AvgIpc) is 3.76. The number of para-hydroxylation sites is 1. The number of benzene rings is 6. The monoisotopic (exact) mass is 575 g/mol. The second kappa shape index (κ2) is 9.18. The molecule has 0 spiro atoms. The Morgan fingerprint density at radius 1 is 0.556 bits per heavy atom. The summed E-state index contributed by atoms with van der Waals surface area (Å²) in [6.45, 7) is 0. The SMILES string of the molecule is c1ccc(N(c2ccc(-c3ccc4[nH]c5c(c4c3)-c3cccc4cccc-5c34)cc2)c2ccc3c(c2)oc2ccccc23)nc1. The molecule has 1 aliphatic carbocycles. The number of aromatic amines is 1. The van der Waals surface area contributed by atoms with E-state index >= 15 is 0 Å². The van der Waals surface area contributed by atoms with Crippen molar-refractivity contribution in [2.75, 3.05) is 4.90 Å². The minimum Gasteiger partial charge on any atom is -0.456 e. The van der Waals surface area contributed by atoms with Gasteiger partial charge in [0.25, 0.3) is 0 Å². The molecule has 1 aliphatic rings. The number of furan rings is 1. The maximum atomic E-state index is 6.24. The lowest BCUT2D eigenvalue weighted by molar-refractivity contribution is 0.669. The Labute approximate surface area is 258 Å². The van der Waals surface area contributed by atoms with E-state index in [0.29, 0.717) is 0 Å². The minimum absolute atomic E-state index is 0.846. The first-order valence-electron chi connectivity index (χ1n) is 15.2. The van der Waals surface area contributed by atoms with Crippen LogP contribution in [0.25, 0.3) is 77.1 Å². The van der Waals surface area contributed by atoms with Crippen molar-refractivity contribution in [3.63, 3.8) is 0 Å². The molecule has 0 radical (unpaired) electrons. The highest BCUT2D eigenvalue weighted by atomic mass is 16.3. The third-order valence-corrected chi connectivity index (χ3v) is 9.20. The van der Waals surface area contributed by atoms with E-state index in [2.05, 4.69) is 113 Å². The van der Waals surface area contributed by atoms with Gasteiger partial charge >= 0.3 is 0 Å². The van der Waals surface area contributed by atoms with Crippen molar-refractivity contribution < 1.29 is 4.42 Å². The topological polar surface area (TPSA) is 45.1 Å². The first-order chi connectivity index (χ1) is 22.3. The molecule has 0 saturated carbocycles. The van der Waals surface area contributed by atoms with Crippen LogP contribution >= 0.6 is 0 Å². The molecule has 210 valence electrons. The van der Waals surface area contributed by atoms with E-state index in [9.17, 15) is 0 Å². The lowest BCUT2D eigenvalue weighted by Gasteiger charge is -2.24. The molecular weight excluding hydrogens is 550 g/mol. The maximum absolute atomic E-state index is 6.24. The second-order valence-electron chi connectivity index (χ2n) is 11.7. The van der Waals surface area contributed by atoms with Gasteiger partial charge in [-0.15, -0.1) is 0 Å². The minimum atomic E-state index is 0.846. The zero-order valence-corrected chi connectivity index (χ0v) is 24.2. The molecule has 0 saturated heterocycles. The first kappa shape index (κ1) is 24.3. The van der Waals surface area contributed by atoms with Gasteiger partial charge in [-0.05, 0) is 82.1 Å². The third-order valence-electron chi connectivity index (χ3n) is 9.20. The van der Waals surface area contributed by atoms with Crippen molar-refractivity contribution in [3.05, 3.63) is 146 Å². The zero-order chi connectivity index (χ0) is 29.5. The van der Waals surface area contributed by atoms with E-state index in [4.69, 9.17) is 9.40 Å². The van der Waals surface area contributed by atoms with Crippen molar-refractivity contribution in [2.45, 2.75) is 0 Å². The number of pyridine rings is 1. The molecule has 10 rings (SSSR count). The predicted molar refractivity (Wildman–Crippen MR) is 185 cm³/mol. The molecule has 1 N–H and O–H groups in total. The van der Waals surface area contributed by atoms with Gasteiger partial charge in [-0.2, -0.15) is 0 Å². The van der Waals surface area contributed by atoms with Crippen LogP contribution in [0.1, 0.15) is 0 Å². The number of hydrogen-bond donors (Lipinski definition) is 1. The molecule has 0 amide bonds. The van der Waals surface area contributed by atoms with Gasteiger partial charge in [0.15, 0.2) is 0 Å². The van der Waals surface area contributed by atoms with Crippen LogP contribution in [-0.2, 0) is 0 Å². The Hall–Kier alpha value is -6.13. The zero-order valence-electron chi connectivity index (χ0n) is 24.2. The lowest BCUT2D eigenvalue weighted by atomic mass is 9.99. The van der Waals surface area contributed by atoms with E-state index in [1.807, 2.05) is 42.6 Å². The molecule has 6 aromatic carbocycles. The number of nitrogens with zero attached hydrogens (tertiary/aromatic N) is 2. The Bertz CT molecular complexity index is 2590. The molecule has 0 unspecified atom stereocenters. The largest absolute Gasteiger partial charge is 0.456 e. The summed E-state index contributed by atoms with van der Waals surface area (Å²) >= 11 is 0. The molecule has 0 atom stereocenters. The third kappa shape index (κ3) is 3.57. The smallest absolute Gasteiger partial charge is 0.137 e. The fourth-order valence-electron chi connectivity index (χ4n) is 7.17. The summed E-state index contributed by atoms with van der Waals surface area (Å²) in [4.78, 5) is 10.6. The molecule has 0 fully saturated rings. The summed E-state index contributed by atoms with van der Waals surface area (Å²) in [5.41, 5.74) is 12.4. The van der Waals surface area contributed by atoms with Crippen LogP contribution < -0.4 is 4.90 Å². The quantitative estimate of drug-likeness (QED) is 0.227. The Morgan fingerprint density at radius 2 is 1.33 bits per heavy atom. The van der Waals surface area contributed by atoms with Crippen molar-refractivity contribution in [3.8, 4) is 33.5 Å². The normalized spacial score (nSPS) is 12.0. The Kier molecular flexibility index (Phi) is 4.96. The summed E-state index contributed by atoms with van der Waals surface area (Å²) in [5.74, 6) is 0.846. The van der Waals surface area contributed by atoms with Crippen molar-refractivity contribution in [1.29, 1.82) is 0 Å². The number of anilines is 3. The van der Waals surface area contributed by atoms with Crippen LogP contribution in [0, 0.1) is 0 Å². The first-order valence-corrected chi connectivity index (χ1v) is 15.2. The number of nitrogens with one attached hydrogen (secondary N) is 1. The number of rotatable bonds is 4. The van der Waals surface area contributed by atoms with E-state index in [0.717, 1.165) is 50.2 Å². The van der Waals surface area contributed by atoms with Gasteiger partial charge in [-0.3, -0.25) is 4.90 Å². The maximum Gasteiger partial charge on any atom is 0.137 e. The Morgan fingerprint density at radius 3 is 2.20 bits per heavy atom. The van der Waals surface area contributed by atoms with Gasteiger partial charge in [-0.1, -0.05) is 78.9 Å². The van der Waals surface area contributed by atoms with Crippen LogP contribution in [-0.4, -0.2) is 9.97 Å². The van der Waals surface area contributed by atoms with Crippen molar-refractivity contribution in [1.82, 2.24) is 9.97 Å². The fourth-order valence-corrected chi connectivity index (χ4v) is 7.17. The number of hydrogen-bond acceptors (Lipinski definition) is 3. The Balaban J connectivity index is 1.07. The molecule has 4 nitrogen and oxygen atoms in total. The molecule has 0 bridgehead atoms. The van der Waals surface area contributed by atoms with Gasteiger partial charge in [0.1, 0.15) is 17.0 Å². The van der Waals surface area contributed by atoms with Crippen molar-refractivity contribution in [2.24, 2.45) is 0 Å². The molecule has 45 heavy (non-hydrogen) atoms. The van der Waals surface area contributed by atoms with Gasteiger partial charge in [-0.25, -0.2) is 4.98 Å². The number of aromatic nitrogens is 2. The number of fused-ring (bicyclic) bond motifs is 8. The second-order valence-corrected chi connectivity index (χ2v) is 11.7. The highest BCUT2D eigenvalue weighted by Crippen LogP contribution is 2.50. The average molecular weight is 576 g/mol. The van der Waals surface area contributed by atoms with Gasteiger partial charge in [0.05, 0.1) is 11.4 Å². The van der Waals surface area contributed by atoms with E-state index < -0.39 is 0 Å². The van der Waals surface area contributed by atoms with Crippen LogP contribution in [0.15, 0.2) is 150 Å². The number of H-pyrrole nitrogens is 1. The molecule has 9 aromatic rings. The standard InChI is InChI=1S/C41H25N3O/c1-2-12-36-30(9-1)31-20-19-29(24-37(31)45-36)44(38-13-3-4-22-42-38)28-17-14-25(15-18-28)27-16-21-35-34(23-27)40-32-10-5-7-26-8-6-11-33(39(26)32)41(40)43-35/h1-24,43H. The summed E-state index contributed by atoms with van der Waals surface area (Å²) in [6.07, 6.45) is 1.83. The lowest BCUT2D eigenvalue weighted by Crippen LogP contribution is -2.11. The van der Waals surface area contributed by atoms with Gasteiger partial charge < -0.3 is 9.40 Å². The molecule has 0 aliphatic heterocycles. The van der Waals surface area contributed by atoms with E-state index in [1.165, 1.54) is 44.1 Å². The van der Waals surface area contributed by atoms with E-state index in [-0.39, 0.29) is 0 Å². The van der Waals surface area contributed by atoms with Crippen LogP contribution in [0.5, 0.6) is 0 Å². The molecule has 4 heteroatoms.